The fourth-order valence-corrected chi connectivity index (χ4v) is 15.5. The Labute approximate surface area is 310 Å². The van der Waals surface area contributed by atoms with Crippen molar-refractivity contribution in [2.75, 3.05) is 4.90 Å². The predicted octanol–water partition coefficient (Wildman–Crippen LogP) is 9.69. The number of fused-ring (bicyclic) bond motifs is 8. The van der Waals surface area contributed by atoms with E-state index in [4.69, 9.17) is 0 Å². The average Bonchev–Trinajstić information content (AvgIpc) is 3.23. The van der Waals surface area contributed by atoms with Crippen LogP contribution in [-0.2, 0) is 5.41 Å². The summed E-state index contributed by atoms with van der Waals surface area (Å²) in [4.78, 5) is 5.00. The zero-order valence-corrected chi connectivity index (χ0v) is 30.4. The van der Waals surface area contributed by atoms with Crippen LogP contribution in [0.15, 0.2) is 222 Å². The van der Waals surface area contributed by atoms with Gasteiger partial charge in [0, 0.05) is 26.9 Å². The summed E-state index contributed by atoms with van der Waals surface area (Å²) in [5.41, 5.74) is 8.31. The van der Waals surface area contributed by atoms with Gasteiger partial charge in [0.2, 0.25) is 0 Å². The van der Waals surface area contributed by atoms with Gasteiger partial charge in [0.05, 0.1) is 5.41 Å². The van der Waals surface area contributed by atoms with Gasteiger partial charge in [-0.1, -0.05) is 176 Å². The van der Waals surface area contributed by atoms with Crippen LogP contribution in [0.5, 0.6) is 0 Å². The molecule has 0 bridgehead atoms. The van der Waals surface area contributed by atoms with Gasteiger partial charge < -0.3 is 4.90 Å². The molecule has 10 rings (SSSR count). The van der Waals surface area contributed by atoms with Gasteiger partial charge in [0.15, 0.2) is 8.07 Å². The van der Waals surface area contributed by atoms with Crippen molar-refractivity contribution in [3.63, 3.8) is 0 Å². The molecule has 0 atom stereocenters. The van der Waals surface area contributed by atoms with Crippen molar-refractivity contribution in [2.24, 2.45) is 0 Å². The van der Waals surface area contributed by atoms with Gasteiger partial charge >= 0.3 is 0 Å². The van der Waals surface area contributed by atoms with Gasteiger partial charge in [-0.05, 0) is 91.5 Å². The van der Waals surface area contributed by atoms with Gasteiger partial charge in [0.25, 0.3) is 0 Å². The zero-order chi connectivity index (χ0) is 34.5. The number of hydrogen-bond acceptors (Lipinski definition) is 2. The van der Waals surface area contributed by atoms with E-state index in [0.29, 0.717) is 0 Å². The lowest BCUT2D eigenvalue weighted by atomic mass is 9.64. The second kappa shape index (κ2) is 12.4. The van der Waals surface area contributed by atoms with E-state index in [9.17, 15) is 0 Å². The van der Waals surface area contributed by atoms with Crippen molar-refractivity contribution in [2.45, 2.75) is 15.2 Å². The van der Waals surface area contributed by atoms with E-state index in [0.717, 1.165) is 17.1 Å². The third-order valence-electron chi connectivity index (χ3n) is 11.0. The average molecular weight is 698 g/mol. The molecular formula is C49H35NSSi. The molecule has 1 nitrogen and oxygen atoms in total. The fourth-order valence-electron chi connectivity index (χ4n) is 9.08. The molecule has 0 radical (unpaired) electrons. The Morgan fingerprint density at radius 1 is 0.346 bits per heavy atom. The van der Waals surface area contributed by atoms with Crippen LogP contribution in [0, 0.1) is 0 Å². The summed E-state index contributed by atoms with van der Waals surface area (Å²) in [6.07, 6.45) is 0. The number of rotatable bonds is 5. The SMILES string of the molecule is c1ccc(N(c2ccccc2)c2ccc3c(c2)C2(c4ccccc4S3)c3ccccc3[Si](c3ccccc3)(c3ccccc3)c3ccccc32)cc1. The first kappa shape index (κ1) is 30.9. The van der Waals surface area contributed by atoms with E-state index in [-0.39, 0.29) is 0 Å². The topological polar surface area (TPSA) is 3.24 Å². The third-order valence-corrected chi connectivity index (χ3v) is 17.1. The van der Waals surface area contributed by atoms with Crippen LogP contribution in [0.25, 0.3) is 0 Å². The first-order valence-electron chi connectivity index (χ1n) is 17.9. The van der Waals surface area contributed by atoms with Crippen LogP contribution in [-0.4, -0.2) is 8.07 Å². The van der Waals surface area contributed by atoms with E-state index in [2.05, 4.69) is 217 Å². The van der Waals surface area contributed by atoms with Crippen molar-refractivity contribution >= 4 is 57.6 Å². The number of hydrogen-bond donors (Lipinski definition) is 0. The molecule has 246 valence electrons. The quantitative estimate of drug-likeness (QED) is 0.165. The molecule has 0 fully saturated rings. The Kier molecular flexibility index (Phi) is 7.38. The maximum atomic E-state index is 2.49. The van der Waals surface area contributed by atoms with E-state index in [1.165, 1.54) is 52.8 Å². The number of nitrogens with zero attached hydrogens (tertiary/aromatic N) is 1. The van der Waals surface area contributed by atoms with Crippen LogP contribution in [0.3, 0.4) is 0 Å². The van der Waals surface area contributed by atoms with Crippen molar-refractivity contribution in [3.05, 3.63) is 235 Å². The van der Waals surface area contributed by atoms with Gasteiger partial charge in [-0.2, -0.15) is 0 Å². The Morgan fingerprint density at radius 3 is 1.31 bits per heavy atom. The van der Waals surface area contributed by atoms with Gasteiger partial charge in [-0.25, -0.2) is 0 Å². The van der Waals surface area contributed by atoms with E-state index in [1.807, 2.05) is 11.8 Å². The first-order valence-corrected chi connectivity index (χ1v) is 20.8. The van der Waals surface area contributed by atoms with Crippen LogP contribution >= 0.6 is 11.8 Å². The van der Waals surface area contributed by atoms with Gasteiger partial charge in [-0.15, -0.1) is 0 Å². The van der Waals surface area contributed by atoms with Crippen molar-refractivity contribution in [1.82, 2.24) is 0 Å². The molecule has 0 unspecified atom stereocenters. The molecule has 0 amide bonds. The zero-order valence-electron chi connectivity index (χ0n) is 28.6. The third kappa shape index (κ3) is 4.43. The highest BCUT2D eigenvalue weighted by Crippen LogP contribution is 2.57. The molecule has 2 aliphatic heterocycles. The Bertz CT molecular complexity index is 2420. The summed E-state index contributed by atoms with van der Waals surface area (Å²) in [6, 6.07) is 79.3. The molecule has 2 aliphatic rings. The summed E-state index contributed by atoms with van der Waals surface area (Å²) < 4.78 is 0. The summed E-state index contributed by atoms with van der Waals surface area (Å²) in [7, 11) is -2.79. The molecule has 52 heavy (non-hydrogen) atoms. The molecule has 2 heterocycles. The predicted molar refractivity (Wildman–Crippen MR) is 221 cm³/mol. The molecule has 3 heteroatoms. The molecule has 0 aromatic heterocycles. The standard InChI is InChI=1S/C49H35NSSi/c1-5-19-36(20-6-1)50(37-21-7-2-8-22-37)38-33-34-46-44(35-38)49(41-27-13-16-30-45(41)51-46)42-28-14-17-31-47(42)52(39-23-9-3-10-24-39,40-25-11-4-12-26-40)48-32-18-15-29-43(48)49/h1-35H. The minimum absolute atomic E-state index is 0.542. The highest BCUT2D eigenvalue weighted by atomic mass is 32.2. The van der Waals surface area contributed by atoms with Gasteiger partial charge in [-0.3, -0.25) is 0 Å². The maximum absolute atomic E-state index is 2.79. The Hall–Kier alpha value is -5.87. The lowest BCUT2D eigenvalue weighted by molar-refractivity contribution is 0.707. The number of anilines is 3. The highest BCUT2D eigenvalue weighted by molar-refractivity contribution is 7.99. The maximum Gasteiger partial charge on any atom is 0.180 e. The summed E-state index contributed by atoms with van der Waals surface area (Å²) in [5, 5.41) is 5.71. The Balaban J connectivity index is 1.35. The Morgan fingerprint density at radius 2 is 0.769 bits per heavy atom. The number of benzene rings is 8. The molecule has 1 spiro atoms. The van der Waals surface area contributed by atoms with E-state index < -0.39 is 13.5 Å². The molecule has 8 aromatic rings. The molecular weight excluding hydrogens is 663 g/mol. The fraction of sp³-hybridized carbons (Fsp3) is 0.0204. The normalized spacial score (nSPS) is 14.4. The van der Waals surface area contributed by atoms with Crippen molar-refractivity contribution in [3.8, 4) is 0 Å². The monoisotopic (exact) mass is 697 g/mol. The van der Waals surface area contributed by atoms with Crippen molar-refractivity contribution < 1.29 is 0 Å². The molecule has 0 saturated carbocycles. The van der Waals surface area contributed by atoms with Gasteiger partial charge in [0.1, 0.15) is 0 Å². The second-order valence-electron chi connectivity index (χ2n) is 13.6. The summed E-state index contributed by atoms with van der Waals surface area (Å²) in [6.45, 7) is 0. The molecule has 8 aromatic carbocycles. The largest absolute Gasteiger partial charge is 0.310 e. The summed E-state index contributed by atoms with van der Waals surface area (Å²) in [5.74, 6) is 0. The second-order valence-corrected chi connectivity index (χ2v) is 18.4. The lowest BCUT2D eigenvalue weighted by Gasteiger charge is -2.51. The molecule has 0 N–H and O–H groups in total. The highest BCUT2D eigenvalue weighted by Gasteiger charge is 2.57. The van der Waals surface area contributed by atoms with Crippen LogP contribution in [0.2, 0.25) is 0 Å². The van der Waals surface area contributed by atoms with E-state index in [1.54, 1.807) is 0 Å². The molecule has 0 aliphatic carbocycles. The van der Waals surface area contributed by atoms with Crippen molar-refractivity contribution in [1.29, 1.82) is 0 Å². The number of para-hydroxylation sites is 2. The minimum Gasteiger partial charge on any atom is -0.310 e. The smallest absolute Gasteiger partial charge is 0.180 e. The molecule has 0 saturated heterocycles. The minimum atomic E-state index is -2.79. The lowest BCUT2D eigenvalue weighted by Crippen LogP contribution is -2.79. The van der Waals surface area contributed by atoms with E-state index >= 15 is 0 Å². The van der Waals surface area contributed by atoms with Crippen LogP contribution in [0.4, 0.5) is 17.1 Å². The summed E-state index contributed by atoms with van der Waals surface area (Å²) >= 11 is 1.90. The first-order chi connectivity index (χ1) is 25.8. The van der Waals surface area contributed by atoms with Crippen LogP contribution < -0.4 is 25.6 Å². The van der Waals surface area contributed by atoms with Crippen LogP contribution in [0.1, 0.15) is 22.3 Å².